The van der Waals surface area contributed by atoms with Crippen LogP contribution in [0.25, 0.3) is 10.9 Å². The molecule has 0 bridgehead atoms. The van der Waals surface area contributed by atoms with E-state index < -0.39 is 23.2 Å². The highest BCUT2D eigenvalue weighted by Crippen LogP contribution is 2.44. The lowest BCUT2D eigenvalue weighted by atomic mass is 10.1. The van der Waals surface area contributed by atoms with Crippen molar-refractivity contribution in [2.75, 3.05) is 30.5 Å². The van der Waals surface area contributed by atoms with E-state index in [0.29, 0.717) is 17.8 Å². The normalized spacial score (nSPS) is 18.5. The summed E-state index contributed by atoms with van der Waals surface area (Å²) < 4.78 is 26.5. The molecule has 9 heteroatoms. The van der Waals surface area contributed by atoms with Crippen LogP contribution >= 0.6 is 0 Å². The number of carboxylic acid groups (broad SMARTS) is 1. The Balaban J connectivity index is 2.03. The number of rotatable bonds is 2. The number of benzene rings is 1. The number of aromatic nitrogens is 1. The van der Waals surface area contributed by atoms with Crippen molar-refractivity contribution in [1.29, 1.82) is 0 Å². The first-order chi connectivity index (χ1) is 12.0. The number of hydrogen-bond donors (Lipinski definition) is 2. The number of pyridine rings is 1. The fourth-order valence-electron chi connectivity index (χ4n) is 3.62. The summed E-state index contributed by atoms with van der Waals surface area (Å²) in [5, 5.41) is 8.77. The maximum absolute atomic E-state index is 14.8. The van der Waals surface area contributed by atoms with E-state index in [1.54, 1.807) is 7.05 Å². The van der Waals surface area contributed by atoms with Gasteiger partial charge < -0.3 is 24.9 Å². The molecule has 3 heterocycles. The number of nitrogens with one attached hydrogen (secondary N) is 1. The average molecular weight is 349 g/mol. The summed E-state index contributed by atoms with van der Waals surface area (Å²) in [6, 6.07) is 1.24. The van der Waals surface area contributed by atoms with Crippen molar-refractivity contribution in [1.82, 2.24) is 4.68 Å². The van der Waals surface area contributed by atoms with Crippen LogP contribution in [0.3, 0.4) is 0 Å². The van der Waals surface area contributed by atoms with Crippen LogP contribution in [0.1, 0.15) is 12.8 Å². The Morgan fingerprint density at radius 3 is 3.04 bits per heavy atom. The quantitative estimate of drug-likeness (QED) is 0.798. The summed E-state index contributed by atoms with van der Waals surface area (Å²) in [5.74, 6) is -0.702. The zero-order chi connectivity index (χ0) is 17.7. The number of halogens is 1. The second-order valence-corrected chi connectivity index (χ2v) is 6.02. The Morgan fingerprint density at radius 2 is 2.32 bits per heavy atom. The summed E-state index contributed by atoms with van der Waals surface area (Å²) in [7, 11) is 1.59. The van der Waals surface area contributed by atoms with Gasteiger partial charge in [-0.2, -0.15) is 0 Å². The summed E-state index contributed by atoms with van der Waals surface area (Å²) in [5.41, 5.74) is 2.81. The Kier molecular flexibility index (Phi) is 3.45. The first-order valence-corrected chi connectivity index (χ1v) is 7.91. The molecule has 2 N–H and O–H groups in total. The van der Waals surface area contributed by atoms with Crippen molar-refractivity contribution in [3.05, 3.63) is 28.3 Å². The van der Waals surface area contributed by atoms with E-state index in [1.807, 2.05) is 4.90 Å². The lowest BCUT2D eigenvalue weighted by Crippen LogP contribution is -2.39. The molecule has 1 fully saturated rings. The van der Waals surface area contributed by atoms with Gasteiger partial charge in [-0.15, -0.1) is 0 Å². The molecule has 1 saturated heterocycles. The van der Waals surface area contributed by atoms with E-state index in [4.69, 9.17) is 9.84 Å². The third-order valence-electron chi connectivity index (χ3n) is 4.66. The third kappa shape index (κ3) is 2.26. The van der Waals surface area contributed by atoms with Gasteiger partial charge in [0.2, 0.25) is 11.2 Å². The zero-order valence-electron chi connectivity index (χ0n) is 13.4. The fraction of sp³-hybridized carbons (Fsp3) is 0.375. The molecule has 1 aromatic heterocycles. The van der Waals surface area contributed by atoms with Crippen molar-refractivity contribution < 1.29 is 23.8 Å². The third-order valence-corrected chi connectivity index (χ3v) is 4.66. The van der Waals surface area contributed by atoms with Crippen molar-refractivity contribution in [3.63, 3.8) is 0 Å². The fourth-order valence-corrected chi connectivity index (χ4v) is 3.62. The monoisotopic (exact) mass is 349 g/mol. The Hall–Kier alpha value is -2.97. The number of hydrogen-bond acceptors (Lipinski definition) is 6. The Bertz CT molecular complexity index is 942. The van der Waals surface area contributed by atoms with Crippen LogP contribution in [0.4, 0.5) is 14.9 Å². The topological polar surface area (TPSA) is 93.0 Å². The molecular weight excluding hydrogens is 333 g/mol. The number of anilines is 1. The van der Waals surface area contributed by atoms with Crippen LogP contribution < -0.4 is 25.2 Å². The highest BCUT2D eigenvalue weighted by molar-refractivity contribution is 5.93. The van der Waals surface area contributed by atoms with Crippen LogP contribution in [-0.4, -0.2) is 42.2 Å². The molecule has 2 aliphatic rings. The second-order valence-electron chi connectivity index (χ2n) is 6.02. The highest BCUT2D eigenvalue weighted by Gasteiger charge is 2.36. The Labute approximate surface area is 141 Å². The van der Waals surface area contributed by atoms with Gasteiger partial charge >= 0.3 is 6.16 Å². The molecule has 1 aromatic carbocycles. The number of carbonyl (C=O) groups is 1. The molecule has 132 valence electrons. The van der Waals surface area contributed by atoms with Gasteiger partial charge in [-0.25, -0.2) is 9.18 Å². The van der Waals surface area contributed by atoms with Crippen LogP contribution in [0.2, 0.25) is 0 Å². The van der Waals surface area contributed by atoms with E-state index in [2.05, 4.69) is 10.2 Å². The molecule has 2 aromatic rings. The van der Waals surface area contributed by atoms with Gasteiger partial charge in [0.15, 0.2) is 11.6 Å². The van der Waals surface area contributed by atoms with Crippen molar-refractivity contribution >= 4 is 22.7 Å². The molecule has 2 aliphatic heterocycles. The van der Waals surface area contributed by atoms with Crippen LogP contribution in [-0.2, 0) is 0 Å². The maximum Gasteiger partial charge on any atom is 0.511 e. The SMILES string of the molecule is CNn1cc(OC(=O)O)c(=O)c2cc(F)c3c(c21)OC[C@@H]1CCCN31. The average Bonchev–Trinajstić information content (AvgIpc) is 3.05. The van der Waals surface area contributed by atoms with Gasteiger partial charge in [-0.3, -0.25) is 9.47 Å². The molecule has 0 amide bonds. The van der Waals surface area contributed by atoms with Crippen molar-refractivity contribution in [2.24, 2.45) is 0 Å². The smallest absolute Gasteiger partial charge is 0.487 e. The minimum absolute atomic E-state index is 0.0120. The molecule has 8 nitrogen and oxygen atoms in total. The molecule has 0 spiro atoms. The minimum Gasteiger partial charge on any atom is -0.487 e. The first kappa shape index (κ1) is 15.6. The molecule has 0 saturated carbocycles. The van der Waals surface area contributed by atoms with E-state index in [9.17, 15) is 14.0 Å². The summed E-state index contributed by atoms with van der Waals surface area (Å²) in [4.78, 5) is 25.3. The predicted octanol–water partition coefficient (Wildman–Crippen LogP) is 1.73. The summed E-state index contributed by atoms with van der Waals surface area (Å²) in [6.07, 6.45) is 1.49. The van der Waals surface area contributed by atoms with E-state index >= 15 is 0 Å². The molecule has 0 aliphatic carbocycles. The van der Waals surface area contributed by atoms with Gasteiger partial charge in [-0.1, -0.05) is 0 Å². The Morgan fingerprint density at radius 1 is 1.52 bits per heavy atom. The van der Waals surface area contributed by atoms with Gasteiger partial charge in [0.1, 0.15) is 17.8 Å². The van der Waals surface area contributed by atoms with Gasteiger partial charge in [0.05, 0.1) is 17.6 Å². The molecule has 25 heavy (non-hydrogen) atoms. The molecule has 0 radical (unpaired) electrons. The molecule has 0 unspecified atom stereocenters. The summed E-state index contributed by atoms with van der Waals surface area (Å²) in [6.45, 7) is 1.14. The number of nitrogens with zero attached hydrogens (tertiary/aromatic N) is 2. The van der Waals surface area contributed by atoms with Crippen LogP contribution in [0, 0.1) is 5.82 Å². The van der Waals surface area contributed by atoms with E-state index in [1.165, 1.54) is 10.9 Å². The van der Waals surface area contributed by atoms with E-state index in [0.717, 1.165) is 25.5 Å². The van der Waals surface area contributed by atoms with Gasteiger partial charge in [0, 0.05) is 13.6 Å². The summed E-state index contributed by atoms with van der Waals surface area (Å²) >= 11 is 0. The highest BCUT2D eigenvalue weighted by atomic mass is 19.1. The van der Waals surface area contributed by atoms with Crippen molar-refractivity contribution in [3.8, 4) is 11.5 Å². The second kappa shape index (κ2) is 5.54. The first-order valence-electron chi connectivity index (χ1n) is 7.91. The number of fused-ring (bicyclic) bond motifs is 5. The van der Waals surface area contributed by atoms with Crippen LogP contribution in [0.15, 0.2) is 17.1 Å². The van der Waals surface area contributed by atoms with E-state index in [-0.39, 0.29) is 17.2 Å². The lowest BCUT2D eigenvalue weighted by molar-refractivity contribution is 0.144. The van der Waals surface area contributed by atoms with Crippen LogP contribution in [0.5, 0.6) is 11.5 Å². The van der Waals surface area contributed by atoms with Gasteiger partial charge in [-0.05, 0) is 18.9 Å². The predicted molar refractivity (Wildman–Crippen MR) is 88.0 cm³/mol. The standard InChI is InChI=1S/C16H16FN3O5/c1-18-20-6-11(25-16(22)23)14(21)9-5-10(17)13-15(12(9)20)24-7-8-3-2-4-19(8)13/h5-6,8,18H,2-4,7H2,1H3,(H,22,23)/t8-/m0/s1. The molecule has 1 atom stereocenters. The zero-order valence-corrected chi connectivity index (χ0v) is 13.4. The number of ether oxygens (including phenoxy) is 2. The molecular formula is C16H16FN3O5. The minimum atomic E-state index is -1.62. The van der Waals surface area contributed by atoms with Crippen molar-refractivity contribution in [2.45, 2.75) is 18.9 Å². The maximum atomic E-state index is 14.8. The lowest BCUT2D eigenvalue weighted by Gasteiger charge is -2.34. The largest absolute Gasteiger partial charge is 0.511 e. The van der Waals surface area contributed by atoms with Gasteiger partial charge in [0.25, 0.3) is 0 Å². The molecule has 4 rings (SSSR count).